The van der Waals surface area contributed by atoms with Crippen molar-refractivity contribution in [2.24, 2.45) is 0 Å². The van der Waals surface area contributed by atoms with Crippen LogP contribution < -0.4 is 0 Å². The van der Waals surface area contributed by atoms with Gasteiger partial charge in [0.25, 0.3) is 8.32 Å². The van der Waals surface area contributed by atoms with Gasteiger partial charge in [-0.15, -0.1) is 0 Å². The smallest absolute Gasteiger partial charge is 0.324 e. The fourth-order valence-electron chi connectivity index (χ4n) is 1.03. The summed E-state index contributed by atoms with van der Waals surface area (Å²) in [7, 11) is -2.05. The highest BCUT2D eigenvalue weighted by Crippen LogP contribution is 2.37. The zero-order valence-corrected chi connectivity index (χ0v) is 12.8. The van der Waals surface area contributed by atoms with Gasteiger partial charge in [0, 0.05) is 5.02 Å². The van der Waals surface area contributed by atoms with Gasteiger partial charge in [-0.2, -0.15) is 0 Å². The fourth-order valence-corrected chi connectivity index (χ4v) is 2.04. The Morgan fingerprint density at radius 1 is 1.18 bits per heavy atom. The number of carbonyl (C=O) groups is 1. The highest BCUT2D eigenvalue weighted by Gasteiger charge is 2.40. The molecule has 0 amide bonds. The zero-order chi connectivity index (χ0) is 13.3. The van der Waals surface area contributed by atoms with Gasteiger partial charge in [-0.3, -0.25) is 0 Å². The molecule has 1 rings (SSSR count). The molecule has 2 nitrogen and oxygen atoms in total. The Morgan fingerprint density at radius 2 is 1.65 bits per heavy atom. The van der Waals surface area contributed by atoms with Gasteiger partial charge in [0.15, 0.2) is 0 Å². The van der Waals surface area contributed by atoms with Crippen LogP contribution >= 0.6 is 11.6 Å². The summed E-state index contributed by atoms with van der Waals surface area (Å²) in [5, 5.41) is 0.642. The Labute approximate surface area is 109 Å². The number of carbonyl (C=O) groups excluding carboxylic acids is 1. The molecular weight excluding hydrogens is 252 g/mol. The summed E-state index contributed by atoms with van der Waals surface area (Å²) in [5.41, 5.74) is 0.555. The molecule has 0 saturated heterocycles. The third-order valence-electron chi connectivity index (χ3n) is 3.23. The minimum absolute atomic E-state index is 0.0229. The molecule has 0 atom stereocenters. The summed E-state index contributed by atoms with van der Waals surface area (Å²) in [4.78, 5) is 12.0. The van der Waals surface area contributed by atoms with Crippen molar-refractivity contribution in [3.05, 3.63) is 34.9 Å². The Bertz CT molecular complexity index is 404. The van der Waals surface area contributed by atoms with Crippen molar-refractivity contribution >= 4 is 25.9 Å². The van der Waals surface area contributed by atoms with E-state index in [1.54, 1.807) is 24.3 Å². The van der Waals surface area contributed by atoms with E-state index in [0.29, 0.717) is 10.6 Å². The van der Waals surface area contributed by atoms with E-state index in [1.165, 1.54) is 0 Å². The topological polar surface area (TPSA) is 26.3 Å². The van der Waals surface area contributed by atoms with Crippen LogP contribution in [0.15, 0.2) is 24.3 Å². The minimum Gasteiger partial charge on any atom is -0.516 e. The maximum Gasteiger partial charge on any atom is 0.324 e. The van der Waals surface area contributed by atoms with Crippen molar-refractivity contribution in [1.29, 1.82) is 0 Å². The number of hydrogen-bond acceptors (Lipinski definition) is 2. The van der Waals surface area contributed by atoms with E-state index in [1.807, 2.05) is 0 Å². The minimum atomic E-state index is -2.05. The highest BCUT2D eigenvalue weighted by atomic mass is 35.5. The van der Waals surface area contributed by atoms with Crippen LogP contribution in [0.25, 0.3) is 0 Å². The monoisotopic (exact) mass is 270 g/mol. The molecule has 1 aromatic carbocycles. The van der Waals surface area contributed by atoms with E-state index in [4.69, 9.17) is 16.0 Å². The number of hydrogen-bond donors (Lipinski definition) is 0. The van der Waals surface area contributed by atoms with Crippen LogP contribution in [0.2, 0.25) is 23.2 Å². The first-order chi connectivity index (χ1) is 7.63. The summed E-state index contributed by atoms with van der Waals surface area (Å²) >= 11 is 5.78. The van der Waals surface area contributed by atoms with Crippen LogP contribution in [0.1, 0.15) is 31.1 Å². The van der Waals surface area contributed by atoms with Crippen LogP contribution in [0.4, 0.5) is 0 Å². The van der Waals surface area contributed by atoms with Gasteiger partial charge in [0.1, 0.15) is 0 Å². The van der Waals surface area contributed by atoms with Gasteiger partial charge in [0.2, 0.25) is 0 Å². The van der Waals surface area contributed by atoms with Crippen LogP contribution in [0.5, 0.6) is 0 Å². The van der Waals surface area contributed by atoms with E-state index >= 15 is 0 Å². The van der Waals surface area contributed by atoms with E-state index < -0.39 is 8.32 Å². The van der Waals surface area contributed by atoms with E-state index in [2.05, 4.69) is 33.9 Å². The molecule has 0 bridgehead atoms. The number of halogens is 1. The van der Waals surface area contributed by atoms with Crippen molar-refractivity contribution in [1.82, 2.24) is 0 Å². The molecule has 0 aliphatic rings. The van der Waals surface area contributed by atoms with Gasteiger partial charge in [-0.25, -0.2) is 4.79 Å². The fraction of sp³-hybridized carbons (Fsp3) is 0.462. The number of benzene rings is 1. The quantitative estimate of drug-likeness (QED) is 0.740. The average molecular weight is 271 g/mol. The Balaban J connectivity index is 2.83. The van der Waals surface area contributed by atoms with Crippen molar-refractivity contribution in [2.45, 2.75) is 38.9 Å². The highest BCUT2D eigenvalue weighted by molar-refractivity contribution is 6.75. The first-order valence-corrected chi connectivity index (χ1v) is 8.91. The average Bonchev–Trinajstić information content (AvgIpc) is 2.16. The van der Waals surface area contributed by atoms with E-state index in [9.17, 15) is 4.79 Å². The maximum absolute atomic E-state index is 12.0. The molecule has 0 unspecified atom stereocenters. The van der Waals surface area contributed by atoms with Crippen LogP contribution in [0, 0.1) is 0 Å². The summed E-state index contributed by atoms with van der Waals surface area (Å²) < 4.78 is 5.69. The first kappa shape index (κ1) is 14.3. The Morgan fingerprint density at radius 3 is 2.06 bits per heavy atom. The van der Waals surface area contributed by atoms with Gasteiger partial charge in [-0.05, 0) is 42.4 Å². The summed E-state index contributed by atoms with van der Waals surface area (Å²) in [6.07, 6.45) is 0. The molecule has 94 valence electrons. The molecule has 0 aromatic heterocycles. The van der Waals surface area contributed by atoms with Gasteiger partial charge in [-0.1, -0.05) is 32.4 Å². The molecule has 1 aromatic rings. The SMILES string of the molecule is CC(C)(C)[Si](C)(C)OC(=O)c1ccc(Cl)cc1. The van der Waals surface area contributed by atoms with E-state index in [-0.39, 0.29) is 11.0 Å². The second-order valence-corrected chi connectivity index (χ2v) is 10.8. The predicted molar refractivity (Wildman–Crippen MR) is 74.1 cm³/mol. The summed E-state index contributed by atoms with van der Waals surface area (Å²) in [6.45, 7) is 10.4. The molecular formula is C13H19ClO2Si. The molecule has 0 N–H and O–H groups in total. The lowest BCUT2D eigenvalue weighted by molar-refractivity contribution is 0.0712. The van der Waals surface area contributed by atoms with Crippen molar-refractivity contribution in [3.8, 4) is 0 Å². The first-order valence-electron chi connectivity index (χ1n) is 5.62. The van der Waals surface area contributed by atoms with Crippen LogP contribution in [0.3, 0.4) is 0 Å². The largest absolute Gasteiger partial charge is 0.516 e. The Hall–Kier alpha value is -0.803. The third kappa shape index (κ3) is 3.58. The zero-order valence-electron chi connectivity index (χ0n) is 11.0. The van der Waals surface area contributed by atoms with Crippen LogP contribution in [-0.2, 0) is 4.43 Å². The van der Waals surface area contributed by atoms with Gasteiger partial charge >= 0.3 is 5.97 Å². The lowest BCUT2D eigenvalue weighted by Crippen LogP contribution is -2.42. The molecule has 0 heterocycles. The van der Waals surface area contributed by atoms with E-state index in [0.717, 1.165) is 0 Å². The van der Waals surface area contributed by atoms with Crippen molar-refractivity contribution in [2.75, 3.05) is 0 Å². The molecule has 0 fully saturated rings. The normalized spacial score (nSPS) is 12.4. The molecule has 4 heteroatoms. The van der Waals surface area contributed by atoms with Crippen LogP contribution in [-0.4, -0.2) is 14.3 Å². The predicted octanol–water partition coefficient (Wildman–Crippen LogP) is 4.50. The second kappa shape index (κ2) is 4.82. The summed E-state index contributed by atoms with van der Waals surface area (Å²) in [6, 6.07) is 6.78. The third-order valence-corrected chi connectivity index (χ3v) is 7.79. The number of rotatable bonds is 2. The van der Waals surface area contributed by atoms with Crippen molar-refractivity contribution < 1.29 is 9.22 Å². The second-order valence-electron chi connectivity index (χ2n) is 5.66. The maximum atomic E-state index is 12.0. The summed E-state index contributed by atoms with van der Waals surface area (Å²) in [5.74, 6) is -0.256. The standard InChI is InChI=1S/C13H19ClO2Si/c1-13(2,3)17(4,5)16-12(15)10-6-8-11(14)9-7-10/h6-9H,1-5H3. The van der Waals surface area contributed by atoms with Gasteiger partial charge in [0.05, 0.1) is 5.56 Å². The molecule has 0 aliphatic carbocycles. The molecule has 0 saturated carbocycles. The lowest BCUT2D eigenvalue weighted by atomic mass is 10.2. The Kier molecular flexibility index (Phi) is 4.05. The van der Waals surface area contributed by atoms with Crippen molar-refractivity contribution in [3.63, 3.8) is 0 Å². The molecule has 0 spiro atoms. The molecule has 17 heavy (non-hydrogen) atoms. The van der Waals surface area contributed by atoms with Gasteiger partial charge < -0.3 is 4.43 Å². The lowest BCUT2D eigenvalue weighted by Gasteiger charge is -2.35. The molecule has 0 radical (unpaired) electrons. The molecule has 0 aliphatic heterocycles.